The number of carbonyl (C=O) groups excluding carboxylic acids is 3. The Morgan fingerprint density at radius 2 is 2.04 bits per heavy atom. The first-order valence-corrected chi connectivity index (χ1v) is 10.4. The molecule has 28 heavy (non-hydrogen) atoms. The van der Waals surface area contributed by atoms with Gasteiger partial charge in [0.05, 0.1) is 23.1 Å². The van der Waals surface area contributed by atoms with Gasteiger partial charge in [-0.25, -0.2) is 4.90 Å². The fourth-order valence-electron chi connectivity index (χ4n) is 3.62. The Labute approximate surface area is 171 Å². The molecular weight excluding hydrogens is 400 g/mol. The van der Waals surface area contributed by atoms with E-state index in [9.17, 15) is 14.4 Å². The first-order valence-electron chi connectivity index (χ1n) is 9.13. The number of amides is 3. The number of nitrogens with zero attached hydrogens (tertiary/aromatic N) is 2. The van der Waals surface area contributed by atoms with Crippen LogP contribution in [0, 0.1) is 0 Å². The average Bonchev–Trinajstić information content (AvgIpc) is 3.43. The number of hydrogen-bond acceptors (Lipinski definition) is 5. The number of imide groups is 1. The number of rotatable bonds is 5. The van der Waals surface area contributed by atoms with Crippen molar-refractivity contribution in [2.45, 2.75) is 31.4 Å². The molecule has 6 nitrogen and oxygen atoms in total. The Kier molecular flexibility index (Phi) is 5.48. The molecule has 2 fully saturated rings. The minimum atomic E-state index is -0.832. The van der Waals surface area contributed by atoms with Gasteiger partial charge in [-0.15, -0.1) is 11.3 Å². The van der Waals surface area contributed by atoms with Gasteiger partial charge in [0.25, 0.3) is 11.8 Å². The Balaban J connectivity index is 1.61. The van der Waals surface area contributed by atoms with Crippen LogP contribution in [0.3, 0.4) is 0 Å². The van der Waals surface area contributed by atoms with E-state index in [0.29, 0.717) is 28.7 Å². The van der Waals surface area contributed by atoms with E-state index in [2.05, 4.69) is 0 Å². The summed E-state index contributed by atoms with van der Waals surface area (Å²) in [5.41, 5.74) is 0.461. The van der Waals surface area contributed by atoms with E-state index in [1.807, 2.05) is 5.38 Å². The molecule has 0 saturated carbocycles. The van der Waals surface area contributed by atoms with Crippen molar-refractivity contribution >= 4 is 46.3 Å². The number of anilines is 1. The standard InChI is InChI=1S/C20H19ClN2O4S/c21-13-5-7-14(8-6-13)23-18(24)11-16(19(23)25)22(12-15-3-1-9-27-15)20(26)17-4-2-10-28-17/h2,4-8,10,15-16H,1,3,9,11-12H2. The topological polar surface area (TPSA) is 66.9 Å². The maximum atomic E-state index is 13.1. The maximum absolute atomic E-state index is 13.1. The fourth-order valence-corrected chi connectivity index (χ4v) is 4.43. The summed E-state index contributed by atoms with van der Waals surface area (Å²) in [7, 11) is 0. The van der Waals surface area contributed by atoms with Crippen molar-refractivity contribution in [3.63, 3.8) is 0 Å². The van der Waals surface area contributed by atoms with Crippen molar-refractivity contribution in [2.24, 2.45) is 0 Å². The van der Waals surface area contributed by atoms with Gasteiger partial charge in [-0.3, -0.25) is 14.4 Å². The zero-order chi connectivity index (χ0) is 19.7. The number of carbonyl (C=O) groups is 3. The minimum Gasteiger partial charge on any atom is -0.376 e. The van der Waals surface area contributed by atoms with Crippen LogP contribution in [0.2, 0.25) is 5.02 Å². The molecule has 2 aromatic rings. The van der Waals surface area contributed by atoms with Gasteiger partial charge >= 0.3 is 0 Å². The van der Waals surface area contributed by atoms with Gasteiger partial charge in [-0.2, -0.15) is 0 Å². The van der Waals surface area contributed by atoms with E-state index in [1.54, 1.807) is 36.4 Å². The number of benzene rings is 1. The number of hydrogen-bond donors (Lipinski definition) is 0. The van der Waals surface area contributed by atoms with Crippen LogP contribution in [-0.4, -0.2) is 47.9 Å². The highest BCUT2D eigenvalue weighted by molar-refractivity contribution is 7.12. The van der Waals surface area contributed by atoms with Crippen molar-refractivity contribution in [2.75, 3.05) is 18.1 Å². The highest BCUT2D eigenvalue weighted by Gasteiger charge is 2.45. The van der Waals surface area contributed by atoms with Gasteiger partial charge < -0.3 is 9.64 Å². The summed E-state index contributed by atoms with van der Waals surface area (Å²) in [6.07, 6.45) is 1.62. The van der Waals surface area contributed by atoms with E-state index in [0.717, 1.165) is 17.7 Å². The van der Waals surface area contributed by atoms with Crippen LogP contribution in [0.5, 0.6) is 0 Å². The normalized spacial score (nSPS) is 22.1. The van der Waals surface area contributed by atoms with Crippen LogP contribution in [0.1, 0.15) is 28.9 Å². The smallest absolute Gasteiger partial charge is 0.264 e. The molecule has 0 aliphatic carbocycles. The molecule has 3 heterocycles. The van der Waals surface area contributed by atoms with Crippen molar-refractivity contribution in [1.82, 2.24) is 4.90 Å². The second kappa shape index (κ2) is 8.03. The van der Waals surface area contributed by atoms with Crippen LogP contribution in [0.25, 0.3) is 0 Å². The molecule has 2 unspecified atom stereocenters. The first kappa shape index (κ1) is 19.1. The summed E-state index contributed by atoms with van der Waals surface area (Å²) in [5, 5.41) is 2.34. The lowest BCUT2D eigenvalue weighted by atomic mass is 10.1. The molecule has 8 heteroatoms. The molecule has 146 valence electrons. The third kappa shape index (κ3) is 3.70. The van der Waals surface area contributed by atoms with Crippen molar-refractivity contribution in [3.8, 4) is 0 Å². The third-order valence-electron chi connectivity index (χ3n) is 5.00. The zero-order valence-electron chi connectivity index (χ0n) is 15.0. The summed E-state index contributed by atoms with van der Waals surface area (Å²) < 4.78 is 5.68. The van der Waals surface area contributed by atoms with Gasteiger partial charge in [-0.05, 0) is 48.6 Å². The van der Waals surface area contributed by atoms with Gasteiger partial charge in [0, 0.05) is 18.2 Å². The Morgan fingerprint density at radius 1 is 1.25 bits per heavy atom. The highest BCUT2D eigenvalue weighted by atomic mass is 35.5. The molecule has 4 rings (SSSR count). The average molecular weight is 419 g/mol. The molecule has 2 saturated heterocycles. The number of thiophene rings is 1. The molecule has 0 radical (unpaired) electrons. The summed E-state index contributed by atoms with van der Waals surface area (Å²) in [4.78, 5) is 42.1. The second-order valence-electron chi connectivity index (χ2n) is 6.83. The van der Waals surface area contributed by atoms with Crippen LogP contribution < -0.4 is 4.90 Å². The van der Waals surface area contributed by atoms with E-state index in [4.69, 9.17) is 16.3 Å². The Morgan fingerprint density at radius 3 is 2.68 bits per heavy atom. The van der Waals surface area contributed by atoms with Gasteiger partial charge in [-0.1, -0.05) is 17.7 Å². The Bertz CT molecular complexity index is 878. The molecule has 1 aromatic heterocycles. The summed E-state index contributed by atoms with van der Waals surface area (Å²) in [6, 6.07) is 9.22. The molecule has 0 bridgehead atoms. The van der Waals surface area contributed by atoms with Crippen LogP contribution in [0.15, 0.2) is 41.8 Å². The molecule has 2 aliphatic rings. The largest absolute Gasteiger partial charge is 0.376 e. The molecular formula is C20H19ClN2O4S. The molecule has 2 aliphatic heterocycles. The number of halogens is 1. The number of ether oxygens (including phenoxy) is 1. The quantitative estimate of drug-likeness (QED) is 0.698. The van der Waals surface area contributed by atoms with Crippen molar-refractivity contribution in [1.29, 1.82) is 0 Å². The maximum Gasteiger partial charge on any atom is 0.264 e. The predicted molar refractivity (Wildman–Crippen MR) is 107 cm³/mol. The second-order valence-corrected chi connectivity index (χ2v) is 8.22. The predicted octanol–water partition coefficient (Wildman–Crippen LogP) is 3.35. The van der Waals surface area contributed by atoms with E-state index in [-0.39, 0.29) is 24.3 Å². The molecule has 1 aromatic carbocycles. The molecule has 2 atom stereocenters. The third-order valence-corrected chi connectivity index (χ3v) is 6.11. The molecule has 0 spiro atoms. The van der Waals surface area contributed by atoms with Crippen molar-refractivity contribution in [3.05, 3.63) is 51.7 Å². The zero-order valence-corrected chi connectivity index (χ0v) is 16.6. The lowest BCUT2D eigenvalue weighted by Gasteiger charge is -2.29. The lowest BCUT2D eigenvalue weighted by molar-refractivity contribution is -0.122. The van der Waals surface area contributed by atoms with E-state index < -0.39 is 11.9 Å². The minimum absolute atomic E-state index is 0.0364. The Hall–Kier alpha value is -2.22. The summed E-state index contributed by atoms with van der Waals surface area (Å²) in [5.74, 6) is -0.960. The fraction of sp³-hybridized carbons (Fsp3) is 0.350. The van der Waals surface area contributed by atoms with Crippen LogP contribution >= 0.6 is 22.9 Å². The summed E-state index contributed by atoms with van der Waals surface area (Å²) in [6.45, 7) is 0.953. The molecule has 0 N–H and O–H groups in total. The van der Waals surface area contributed by atoms with E-state index >= 15 is 0 Å². The highest BCUT2D eigenvalue weighted by Crippen LogP contribution is 2.29. The van der Waals surface area contributed by atoms with Crippen LogP contribution in [-0.2, 0) is 14.3 Å². The van der Waals surface area contributed by atoms with Crippen LogP contribution in [0.4, 0.5) is 5.69 Å². The SMILES string of the molecule is O=C1CC(N(CC2CCCO2)C(=O)c2cccs2)C(=O)N1c1ccc(Cl)cc1. The van der Waals surface area contributed by atoms with E-state index in [1.165, 1.54) is 16.2 Å². The van der Waals surface area contributed by atoms with Gasteiger partial charge in [0.1, 0.15) is 6.04 Å². The lowest BCUT2D eigenvalue weighted by Crippen LogP contribution is -2.48. The first-order chi connectivity index (χ1) is 13.5. The van der Waals surface area contributed by atoms with Crippen molar-refractivity contribution < 1.29 is 19.1 Å². The van der Waals surface area contributed by atoms with Gasteiger partial charge in [0.15, 0.2) is 0 Å². The van der Waals surface area contributed by atoms with Gasteiger partial charge in [0.2, 0.25) is 5.91 Å². The molecule has 3 amide bonds. The summed E-state index contributed by atoms with van der Waals surface area (Å²) >= 11 is 7.23. The monoisotopic (exact) mass is 418 g/mol.